The Bertz CT molecular complexity index is 702. The van der Waals surface area contributed by atoms with Gasteiger partial charge in [-0.05, 0) is 46.1 Å². The maximum atomic E-state index is 12.9. The number of carbonyl (C=O) groups excluding carboxylic acids is 1. The SMILES string of the molecule is Cc1[nH]cnc1CN(CCN(C)C)C(=O)C(C)Oc1cccc(Cl)c1. The molecule has 0 saturated heterocycles. The average Bonchev–Trinajstić information content (AvgIpc) is 2.95. The van der Waals surface area contributed by atoms with Gasteiger partial charge in [0.15, 0.2) is 6.10 Å². The van der Waals surface area contributed by atoms with Gasteiger partial charge >= 0.3 is 0 Å². The Morgan fingerprint density at radius 3 is 2.72 bits per heavy atom. The number of aryl methyl sites for hydroxylation is 1. The number of aromatic nitrogens is 2. The first-order valence-corrected chi connectivity index (χ1v) is 8.59. The van der Waals surface area contributed by atoms with Gasteiger partial charge in [0.05, 0.1) is 18.6 Å². The van der Waals surface area contributed by atoms with Crippen LogP contribution in [-0.4, -0.2) is 59.0 Å². The molecule has 136 valence electrons. The Kier molecular flexibility index (Phi) is 6.84. The third-order valence-corrected chi connectivity index (χ3v) is 4.10. The number of hydrogen-bond donors (Lipinski definition) is 1. The second kappa shape index (κ2) is 8.87. The van der Waals surface area contributed by atoms with Crippen LogP contribution in [0.3, 0.4) is 0 Å². The number of likely N-dealkylation sites (N-methyl/N-ethyl adjacent to an activating group) is 1. The minimum atomic E-state index is -0.611. The number of H-pyrrole nitrogens is 1. The fourth-order valence-electron chi connectivity index (χ4n) is 2.37. The molecule has 0 aliphatic carbocycles. The van der Waals surface area contributed by atoms with Crippen molar-refractivity contribution in [2.45, 2.75) is 26.5 Å². The molecule has 1 unspecified atom stereocenters. The van der Waals surface area contributed by atoms with Crippen LogP contribution in [-0.2, 0) is 11.3 Å². The van der Waals surface area contributed by atoms with E-state index in [0.717, 1.165) is 17.9 Å². The number of hydrogen-bond acceptors (Lipinski definition) is 4. The molecule has 0 aliphatic heterocycles. The van der Waals surface area contributed by atoms with Crippen molar-refractivity contribution in [3.63, 3.8) is 0 Å². The van der Waals surface area contributed by atoms with E-state index in [-0.39, 0.29) is 5.91 Å². The van der Waals surface area contributed by atoms with E-state index in [1.807, 2.05) is 25.9 Å². The Hall–Kier alpha value is -2.05. The summed E-state index contributed by atoms with van der Waals surface area (Å²) in [5.74, 6) is 0.501. The minimum Gasteiger partial charge on any atom is -0.481 e. The summed E-state index contributed by atoms with van der Waals surface area (Å²) >= 11 is 5.97. The Balaban J connectivity index is 2.08. The van der Waals surface area contributed by atoms with Crippen LogP contribution in [0.4, 0.5) is 0 Å². The molecule has 0 saturated carbocycles. The Morgan fingerprint density at radius 2 is 2.12 bits per heavy atom. The summed E-state index contributed by atoms with van der Waals surface area (Å²) in [7, 11) is 3.96. The van der Waals surface area contributed by atoms with E-state index in [2.05, 4.69) is 9.97 Å². The van der Waals surface area contributed by atoms with Crippen LogP contribution in [0.1, 0.15) is 18.3 Å². The maximum absolute atomic E-state index is 12.9. The van der Waals surface area contributed by atoms with Gasteiger partial charge in [-0.3, -0.25) is 4.79 Å². The van der Waals surface area contributed by atoms with Crippen molar-refractivity contribution in [3.05, 3.63) is 47.0 Å². The lowest BCUT2D eigenvalue weighted by atomic mass is 10.2. The number of benzene rings is 1. The largest absolute Gasteiger partial charge is 0.481 e. The summed E-state index contributed by atoms with van der Waals surface area (Å²) in [4.78, 5) is 24.1. The predicted octanol–water partition coefficient (Wildman–Crippen LogP) is 2.73. The highest BCUT2D eigenvalue weighted by atomic mass is 35.5. The smallest absolute Gasteiger partial charge is 0.263 e. The van der Waals surface area contributed by atoms with Crippen molar-refractivity contribution >= 4 is 17.5 Å². The lowest BCUT2D eigenvalue weighted by Gasteiger charge is -2.27. The number of halogens is 1. The maximum Gasteiger partial charge on any atom is 0.263 e. The van der Waals surface area contributed by atoms with Crippen molar-refractivity contribution in [3.8, 4) is 5.75 Å². The third-order valence-electron chi connectivity index (χ3n) is 3.86. The van der Waals surface area contributed by atoms with Crippen molar-refractivity contribution < 1.29 is 9.53 Å². The van der Waals surface area contributed by atoms with Gasteiger partial charge in [0.1, 0.15) is 5.75 Å². The van der Waals surface area contributed by atoms with E-state index in [4.69, 9.17) is 16.3 Å². The molecule has 1 heterocycles. The second-order valence-corrected chi connectivity index (χ2v) is 6.69. The molecule has 7 heteroatoms. The molecular formula is C18H25ClN4O2. The molecule has 1 atom stereocenters. The second-order valence-electron chi connectivity index (χ2n) is 6.25. The molecule has 0 aliphatic rings. The molecule has 2 rings (SSSR count). The molecule has 1 aromatic heterocycles. The van der Waals surface area contributed by atoms with E-state index in [1.165, 1.54) is 0 Å². The molecule has 0 spiro atoms. The summed E-state index contributed by atoms with van der Waals surface area (Å²) in [6, 6.07) is 7.06. The van der Waals surface area contributed by atoms with Crippen LogP contribution in [0.15, 0.2) is 30.6 Å². The number of aromatic amines is 1. The summed E-state index contributed by atoms with van der Waals surface area (Å²) < 4.78 is 5.78. The van der Waals surface area contributed by atoms with Crippen LogP contribution < -0.4 is 4.74 Å². The monoisotopic (exact) mass is 364 g/mol. The van der Waals surface area contributed by atoms with E-state index < -0.39 is 6.10 Å². The van der Waals surface area contributed by atoms with Gasteiger partial charge in [0.2, 0.25) is 0 Å². The zero-order valence-electron chi connectivity index (χ0n) is 15.1. The molecule has 2 aromatic rings. The third kappa shape index (κ3) is 5.76. The van der Waals surface area contributed by atoms with Crippen molar-refractivity contribution in [2.75, 3.05) is 27.2 Å². The number of ether oxygens (including phenoxy) is 1. The van der Waals surface area contributed by atoms with E-state index >= 15 is 0 Å². The molecule has 1 N–H and O–H groups in total. The van der Waals surface area contributed by atoms with Gasteiger partial charge < -0.3 is 19.5 Å². The van der Waals surface area contributed by atoms with Crippen molar-refractivity contribution in [1.29, 1.82) is 0 Å². The van der Waals surface area contributed by atoms with E-state index in [1.54, 1.807) is 42.4 Å². The lowest BCUT2D eigenvalue weighted by Crippen LogP contribution is -2.43. The van der Waals surface area contributed by atoms with Crippen LogP contribution in [0.5, 0.6) is 5.75 Å². The zero-order chi connectivity index (χ0) is 18.4. The molecule has 1 aromatic carbocycles. The van der Waals surface area contributed by atoms with Gasteiger partial charge in [-0.25, -0.2) is 4.98 Å². The van der Waals surface area contributed by atoms with Crippen molar-refractivity contribution in [1.82, 2.24) is 19.8 Å². The number of amides is 1. The minimum absolute atomic E-state index is 0.0794. The Labute approximate surface area is 153 Å². The van der Waals surface area contributed by atoms with E-state index in [0.29, 0.717) is 23.9 Å². The van der Waals surface area contributed by atoms with Gasteiger partial charge in [-0.1, -0.05) is 17.7 Å². The van der Waals surface area contributed by atoms with Gasteiger partial charge in [-0.2, -0.15) is 0 Å². The van der Waals surface area contributed by atoms with Gasteiger partial charge in [0, 0.05) is 23.8 Å². The summed E-state index contributed by atoms with van der Waals surface area (Å²) in [5, 5.41) is 0.578. The zero-order valence-corrected chi connectivity index (χ0v) is 15.9. The predicted molar refractivity (Wildman–Crippen MR) is 98.8 cm³/mol. The first-order chi connectivity index (χ1) is 11.9. The summed E-state index contributed by atoms with van der Waals surface area (Å²) in [6.45, 7) is 5.51. The average molecular weight is 365 g/mol. The summed E-state index contributed by atoms with van der Waals surface area (Å²) in [5.41, 5.74) is 1.83. The number of nitrogens with one attached hydrogen (secondary N) is 1. The van der Waals surface area contributed by atoms with Crippen molar-refractivity contribution in [2.24, 2.45) is 0 Å². The topological polar surface area (TPSA) is 61.5 Å². The molecule has 0 fully saturated rings. The first kappa shape index (κ1) is 19.3. The quantitative estimate of drug-likeness (QED) is 0.782. The first-order valence-electron chi connectivity index (χ1n) is 8.21. The standard InChI is InChI=1S/C18H25ClN4O2/c1-13-17(21-12-20-13)11-23(9-8-22(3)4)18(24)14(2)25-16-7-5-6-15(19)10-16/h5-7,10,12,14H,8-9,11H2,1-4H3,(H,20,21). The fraction of sp³-hybridized carbons (Fsp3) is 0.444. The number of carbonyl (C=O) groups is 1. The van der Waals surface area contributed by atoms with Crippen LogP contribution in [0.25, 0.3) is 0 Å². The normalized spacial score (nSPS) is 12.2. The number of nitrogens with zero attached hydrogens (tertiary/aromatic N) is 3. The molecule has 0 radical (unpaired) electrons. The number of imidazole rings is 1. The molecule has 25 heavy (non-hydrogen) atoms. The molecule has 6 nitrogen and oxygen atoms in total. The summed E-state index contributed by atoms with van der Waals surface area (Å²) in [6.07, 6.45) is 1.03. The molecular weight excluding hydrogens is 340 g/mol. The van der Waals surface area contributed by atoms with Gasteiger partial charge in [0.25, 0.3) is 5.91 Å². The lowest BCUT2D eigenvalue weighted by molar-refractivity contribution is -0.138. The highest BCUT2D eigenvalue weighted by molar-refractivity contribution is 6.30. The van der Waals surface area contributed by atoms with Crippen LogP contribution in [0, 0.1) is 6.92 Å². The van der Waals surface area contributed by atoms with Crippen LogP contribution in [0.2, 0.25) is 5.02 Å². The highest BCUT2D eigenvalue weighted by Gasteiger charge is 2.23. The highest BCUT2D eigenvalue weighted by Crippen LogP contribution is 2.19. The fourth-order valence-corrected chi connectivity index (χ4v) is 2.55. The Morgan fingerprint density at radius 1 is 1.36 bits per heavy atom. The van der Waals surface area contributed by atoms with E-state index in [9.17, 15) is 4.79 Å². The molecule has 1 amide bonds. The molecule has 0 bridgehead atoms. The number of rotatable bonds is 8. The van der Waals surface area contributed by atoms with Crippen LogP contribution >= 0.6 is 11.6 Å². The van der Waals surface area contributed by atoms with Gasteiger partial charge in [-0.15, -0.1) is 0 Å².